The van der Waals surface area contributed by atoms with Crippen LogP contribution in [0.4, 0.5) is 5.82 Å². The highest BCUT2D eigenvalue weighted by Gasteiger charge is 2.16. The average Bonchev–Trinajstić information content (AvgIpc) is 2.76. The summed E-state index contributed by atoms with van der Waals surface area (Å²) in [5.74, 6) is 0.849. The van der Waals surface area contributed by atoms with Crippen LogP contribution in [0.15, 0.2) is 30.5 Å². The van der Waals surface area contributed by atoms with Crippen LogP contribution in [-0.2, 0) is 13.6 Å². The van der Waals surface area contributed by atoms with Gasteiger partial charge in [-0.2, -0.15) is 5.10 Å². The summed E-state index contributed by atoms with van der Waals surface area (Å²) in [6.45, 7) is 6.31. The average molecular weight is 302 g/mol. The summed E-state index contributed by atoms with van der Waals surface area (Å²) in [7, 11) is 1.69. The molecule has 2 rings (SSSR count). The number of para-hydroxylation sites is 1. The Morgan fingerprint density at radius 2 is 2.05 bits per heavy atom. The van der Waals surface area contributed by atoms with E-state index >= 15 is 0 Å². The van der Waals surface area contributed by atoms with Gasteiger partial charge in [0.25, 0.3) is 5.91 Å². The van der Waals surface area contributed by atoms with Gasteiger partial charge in [0.15, 0.2) is 0 Å². The molecule has 0 bridgehead atoms. The Bertz CT molecular complexity index is 671. The number of hydrogen-bond donors (Lipinski definition) is 2. The zero-order chi connectivity index (χ0) is 16.3. The second-order valence-corrected chi connectivity index (χ2v) is 6.07. The van der Waals surface area contributed by atoms with Crippen molar-refractivity contribution in [2.45, 2.75) is 32.9 Å². The number of ether oxygens (including phenoxy) is 1. The molecular weight excluding hydrogens is 280 g/mol. The number of carbonyl (C=O) groups is 1. The van der Waals surface area contributed by atoms with Gasteiger partial charge in [-0.15, -0.1) is 0 Å². The Hall–Kier alpha value is -2.50. The van der Waals surface area contributed by atoms with Crippen LogP contribution in [0.5, 0.6) is 5.75 Å². The van der Waals surface area contributed by atoms with Gasteiger partial charge in [0.05, 0.1) is 6.20 Å². The molecule has 0 unspecified atom stereocenters. The van der Waals surface area contributed by atoms with E-state index in [4.69, 9.17) is 10.5 Å². The smallest absolute Gasteiger partial charge is 0.256 e. The molecule has 0 aliphatic carbocycles. The van der Waals surface area contributed by atoms with Crippen molar-refractivity contribution in [2.24, 2.45) is 7.05 Å². The van der Waals surface area contributed by atoms with Crippen LogP contribution in [0.2, 0.25) is 0 Å². The summed E-state index contributed by atoms with van der Waals surface area (Å²) in [4.78, 5) is 12.2. The van der Waals surface area contributed by atoms with Crippen molar-refractivity contribution in [1.29, 1.82) is 0 Å². The van der Waals surface area contributed by atoms with Crippen molar-refractivity contribution in [3.8, 4) is 5.75 Å². The molecule has 0 aliphatic heterocycles. The van der Waals surface area contributed by atoms with Crippen LogP contribution in [0.3, 0.4) is 0 Å². The maximum Gasteiger partial charge on any atom is 0.256 e. The lowest BCUT2D eigenvalue weighted by Gasteiger charge is -2.23. The Balaban J connectivity index is 2.09. The molecule has 118 valence electrons. The summed E-state index contributed by atoms with van der Waals surface area (Å²) < 4.78 is 7.37. The second-order valence-electron chi connectivity index (χ2n) is 6.07. The fraction of sp³-hybridized carbons (Fsp3) is 0.375. The molecular formula is C16H22N4O2. The van der Waals surface area contributed by atoms with E-state index in [9.17, 15) is 4.79 Å². The van der Waals surface area contributed by atoms with Gasteiger partial charge in [0.2, 0.25) is 0 Å². The molecule has 1 heterocycles. The molecule has 0 atom stereocenters. The monoisotopic (exact) mass is 302 g/mol. The van der Waals surface area contributed by atoms with Gasteiger partial charge < -0.3 is 15.8 Å². The molecule has 0 saturated carbocycles. The number of amides is 1. The number of nitrogen functional groups attached to an aromatic ring is 1. The zero-order valence-corrected chi connectivity index (χ0v) is 13.4. The van der Waals surface area contributed by atoms with Crippen molar-refractivity contribution in [2.75, 3.05) is 5.73 Å². The van der Waals surface area contributed by atoms with E-state index in [0.717, 1.165) is 11.3 Å². The SMILES string of the molecule is Cn1ncc(C(=O)NCc2ccccc2OC(C)(C)C)c1N. The van der Waals surface area contributed by atoms with Gasteiger partial charge in [-0.25, -0.2) is 0 Å². The number of aryl methyl sites for hydroxylation is 1. The molecule has 6 nitrogen and oxygen atoms in total. The first-order valence-corrected chi connectivity index (χ1v) is 7.10. The molecule has 2 aromatic rings. The summed E-state index contributed by atoms with van der Waals surface area (Å²) in [6.07, 6.45) is 1.46. The predicted octanol–water partition coefficient (Wildman–Crippen LogP) is 2.11. The van der Waals surface area contributed by atoms with Gasteiger partial charge in [0, 0.05) is 19.2 Å². The first-order valence-electron chi connectivity index (χ1n) is 7.10. The van der Waals surface area contributed by atoms with E-state index in [1.165, 1.54) is 10.9 Å². The first-order chi connectivity index (χ1) is 10.3. The van der Waals surface area contributed by atoms with Crippen molar-refractivity contribution in [3.63, 3.8) is 0 Å². The maximum atomic E-state index is 12.2. The predicted molar refractivity (Wildman–Crippen MR) is 85.6 cm³/mol. The number of benzene rings is 1. The zero-order valence-electron chi connectivity index (χ0n) is 13.4. The van der Waals surface area contributed by atoms with E-state index in [1.54, 1.807) is 7.05 Å². The fourth-order valence-electron chi connectivity index (χ4n) is 1.97. The standard InChI is InChI=1S/C16H22N4O2/c1-16(2,3)22-13-8-6-5-7-11(13)9-18-15(21)12-10-19-20(4)14(12)17/h5-8,10H,9,17H2,1-4H3,(H,18,21). The third-order valence-electron chi connectivity index (χ3n) is 3.06. The van der Waals surface area contributed by atoms with Crippen LogP contribution in [0.1, 0.15) is 36.7 Å². The molecule has 0 aliphatic rings. The van der Waals surface area contributed by atoms with Crippen LogP contribution in [0.25, 0.3) is 0 Å². The van der Waals surface area contributed by atoms with Gasteiger partial charge >= 0.3 is 0 Å². The van der Waals surface area contributed by atoms with Gasteiger partial charge in [-0.3, -0.25) is 9.48 Å². The summed E-state index contributed by atoms with van der Waals surface area (Å²) >= 11 is 0. The number of carbonyl (C=O) groups excluding carboxylic acids is 1. The minimum Gasteiger partial charge on any atom is -0.488 e. The van der Waals surface area contributed by atoms with Crippen molar-refractivity contribution >= 4 is 11.7 Å². The third-order valence-corrected chi connectivity index (χ3v) is 3.06. The van der Waals surface area contributed by atoms with Crippen LogP contribution in [-0.4, -0.2) is 21.3 Å². The molecule has 1 amide bonds. The molecule has 0 radical (unpaired) electrons. The number of nitrogens with one attached hydrogen (secondary N) is 1. The maximum absolute atomic E-state index is 12.2. The Labute approximate surface area is 130 Å². The van der Waals surface area contributed by atoms with E-state index in [-0.39, 0.29) is 11.5 Å². The minimum atomic E-state index is -0.298. The van der Waals surface area contributed by atoms with Crippen molar-refractivity contribution in [3.05, 3.63) is 41.6 Å². The molecule has 6 heteroatoms. The number of rotatable bonds is 4. The van der Waals surface area contributed by atoms with E-state index < -0.39 is 0 Å². The molecule has 1 aromatic carbocycles. The summed E-state index contributed by atoms with van der Waals surface area (Å²) in [5, 5.41) is 6.81. The number of nitrogens with zero attached hydrogens (tertiary/aromatic N) is 2. The Kier molecular flexibility index (Phi) is 4.40. The highest BCUT2D eigenvalue weighted by Crippen LogP contribution is 2.23. The molecule has 0 spiro atoms. The highest BCUT2D eigenvalue weighted by molar-refractivity contribution is 5.98. The minimum absolute atomic E-state index is 0.254. The van der Waals surface area contributed by atoms with Gasteiger partial charge in [0.1, 0.15) is 22.7 Å². The topological polar surface area (TPSA) is 82.2 Å². The highest BCUT2D eigenvalue weighted by atomic mass is 16.5. The van der Waals surface area contributed by atoms with Crippen molar-refractivity contribution < 1.29 is 9.53 Å². The molecule has 0 fully saturated rings. The summed E-state index contributed by atoms with van der Waals surface area (Å²) in [5.41, 5.74) is 6.79. The quantitative estimate of drug-likeness (QED) is 0.906. The van der Waals surface area contributed by atoms with Crippen LogP contribution >= 0.6 is 0 Å². The fourth-order valence-corrected chi connectivity index (χ4v) is 1.97. The third kappa shape index (κ3) is 3.78. The lowest BCUT2D eigenvalue weighted by molar-refractivity contribution is 0.0950. The Morgan fingerprint density at radius 1 is 1.36 bits per heavy atom. The number of anilines is 1. The second kappa shape index (κ2) is 6.09. The van der Waals surface area contributed by atoms with Gasteiger partial charge in [-0.05, 0) is 26.8 Å². The van der Waals surface area contributed by atoms with Gasteiger partial charge in [-0.1, -0.05) is 18.2 Å². The van der Waals surface area contributed by atoms with E-state index in [0.29, 0.717) is 17.9 Å². The summed E-state index contributed by atoms with van der Waals surface area (Å²) in [6, 6.07) is 7.64. The number of hydrogen-bond acceptors (Lipinski definition) is 4. The largest absolute Gasteiger partial charge is 0.488 e. The van der Waals surface area contributed by atoms with Crippen LogP contribution < -0.4 is 15.8 Å². The number of aromatic nitrogens is 2. The molecule has 0 saturated heterocycles. The molecule has 3 N–H and O–H groups in total. The van der Waals surface area contributed by atoms with E-state index in [1.807, 2.05) is 45.0 Å². The normalized spacial score (nSPS) is 11.3. The molecule has 22 heavy (non-hydrogen) atoms. The lowest BCUT2D eigenvalue weighted by atomic mass is 10.1. The Morgan fingerprint density at radius 3 is 2.64 bits per heavy atom. The lowest BCUT2D eigenvalue weighted by Crippen LogP contribution is -2.26. The molecule has 1 aromatic heterocycles. The van der Waals surface area contributed by atoms with Crippen molar-refractivity contribution in [1.82, 2.24) is 15.1 Å². The number of nitrogens with two attached hydrogens (primary N) is 1. The first kappa shape index (κ1) is 15.9. The van der Waals surface area contributed by atoms with Crippen LogP contribution in [0, 0.1) is 0 Å². The van der Waals surface area contributed by atoms with E-state index in [2.05, 4.69) is 10.4 Å².